The molecule has 0 atom stereocenters. The molecule has 2 aromatic carbocycles. The van der Waals surface area contributed by atoms with Crippen LogP contribution in [0.3, 0.4) is 0 Å². The van der Waals surface area contributed by atoms with Crippen LogP contribution in [0, 0.1) is 18.3 Å². The average molecular weight is 265 g/mol. The van der Waals surface area contributed by atoms with Gasteiger partial charge in [0.05, 0.1) is 11.6 Å². The van der Waals surface area contributed by atoms with Gasteiger partial charge in [-0.25, -0.2) is 0 Å². The van der Waals surface area contributed by atoms with Crippen LogP contribution in [-0.2, 0) is 0 Å². The highest BCUT2D eigenvalue weighted by Crippen LogP contribution is 2.18. The van der Waals surface area contributed by atoms with Gasteiger partial charge in [-0.05, 0) is 55.0 Å². The number of rotatable bonds is 2. The fourth-order valence-corrected chi connectivity index (χ4v) is 1.88. The zero-order chi connectivity index (χ0) is 14.7. The molecule has 100 valence electrons. The zero-order valence-electron chi connectivity index (χ0n) is 11.4. The van der Waals surface area contributed by atoms with Crippen molar-refractivity contribution in [2.24, 2.45) is 0 Å². The molecule has 0 spiro atoms. The Bertz CT molecular complexity index is 684. The number of nitrogens with two attached hydrogens (primary N) is 1. The van der Waals surface area contributed by atoms with Gasteiger partial charge < -0.3 is 10.6 Å². The molecule has 0 bridgehead atoms. The highest BCUT2D eigenvalue weighted by atomic mass is 16.2. The molecule has 2 aromatic rings. The lowest BCUT2D eigenvalue weighted by molar-refractivity contribution is 0.0993. The van der Waals surface area contributed by atoms with Gasteiger partial charge in [0.2, 0.25) is 0 Å². The van der Waals surface area contributed by atoms with Crippen molar-refractivity contribution in [3.8, 4) is 6.07 Å². The van der Waals surface area contributed by atoms with Crippen LogP contribution >= 0.6 is 0 Å². The summed E-state index contributed by atoms with van der Waals surface area (Å²) in [5, 5.41) is 8.77. The standard InChI is InChI=1S/C16H15N3O/c1-11-9-13(5-8-15(11)18)16(20)19(2)14-6-3-12(10-17)4-7-14/h3-9H,18H2,1-2H3. The van der Waals surface area contributed by atoms with Gasteiger partial charge in [-0.1, -0.05) is 0 Å². The van der Waals surface area contributed by atoms with Gasteiger partial charge in [-0.15, -0.1) is 0 Å². The van der Waals surface area contributed by atoms with Gasteiger partial charge in [0.25, 0.3) is 5.91 Å². The SMILES string of the molecule is Cc1cc(C(=O)N(C)c2ccc(C#N)cc2)ccc1N. The first-order chi connectivity index (χ1) is 9.52. The smallest absolute Gasteiger partial charge is 0.258 e. The molecule has 4 nitrogen and oxygen atoms in total. The molecule has 0 aromatic heterocycles. The van der Waals surface area contributed by atoms with Crippen molar-refractivity contribution in [3.63, 3.8) is 0 Å². The second-order valence-corrected chi connectivity index (χ2v) is 4.59. The maximum Gasteiger partial charge on any atom is 0.258 e. The molecule has 1 amide bonds. The number of benzene rings is 2. The summed E-state index contributed by atoms with van der Waals surface area (Å²) in [6, 6.07) is 14.1. The average Bonchev–Trinajstić information content (AvgIpc) is 2.48. The maximum absolute atomic E-state index is 12.4. The lowest BCUT2D eigenvalue weighted by Gasteiger charge is -2.18. The molecule has 0 fully saturated rings. The molecule has 4 heteroatoms. The molecule has 0 saturated carbocycles. The normalized spacial score (nSPS) is 9.85. The quantitative estimate of drug-likeness (QED) is 0.849. The minimum atomic E-state index is -0.113. The van der Waals surface area contributed by atoms with Crippen LogP contribution in [0.2, 0.25) is 0 Å². The maximum atomic E-state index is 12.4. The number of nitrogen functional groups attached to an aromatic ring is 1. The molecule has 0 unspecified atom stereocenters. The minimum Gasteiger partial charge on any atom is -0.399 e. The molecule has 0 radical (unpaired) electrons. The molecular formula is C16H15N3O. The minimum absolute atomic E-state index is 0.113. The number of aryl methyl sites for hydroxylation is 1. The Morgan fingerprint density at radius 2 is 1.85 bits per heavy atom. The highest BCUT2D eigenvalue weighted by molar-refractivity contribution is 6.06. The van der Waals surface area contributed by atoms with Gasteiger partial charge in [0, 0.05) is 24.0 Å². The first kappa shape index (κ1) is 13.6. The third-order valence-electron chi connectivity index (χ3n) is 3.21. The van der Waals surface area contributed by atoms with Gasteiger partial charge in [-0.2, -0.15) is 5.26 Å². The fourth-order valence-electron chi connectivity index (χ4n) is 1.88. The van der Waals surface area contributed by atoms with Crippen molar-refractivity contribution in [1.29, 1.82) is 5.26 Å². The summed E-state index contributed by atoms with van der Waals surface area (Å²) < 4.78 is 0. The summed E-state index contributed by atoms with van der Waals surface area (Å²) in [5.74, 6) is -0.113. The molecule has 0 aliphatic heterocycles. The van der Waals surface area contributed by atoms with E-state index in [1.165, 1.54) is 0 Å². The molecule has 0 aliphatic carbocycles. The number of hydrogen-bond acceptors (Lipinski definition) is 3. The van der Waals surface area contributed by atoms with Gasteiger partial charge in [-0.3, -0.25) is 4.79 Å². The molecule has 0 heterocycles. The molecule has 2 N–H and O–H groups in total. The van der Waals surface area contributed by atoms with Crippen molar-refractivity contribution in [2.45, 2.75) is 6.92 Å². The molecule has 0 aliphatic rings. The predicted octanol–water partition coefficient (Wildman–Crippen LogP) is 2.73. The lowest BCUT2D eigenvalue weighted by atomic mass is 10.1. The Balaban J connectivity index is 2.27. The van der Waals surface area contributed by atoms with E-state index in [4.69, 9.17) is 11.0 Å². The summed E-state index contributed by atoms with van der Waals surface area (Å²) in [6.07, 6.45) is 0. The Morgan fingerprint density at radius 1 is 1.20 bits per heavy atom. The summed E-state index contributed by atoms with van der Waals surface area (Å²) >= 11 is 0. The van der Waals surface area contributed by atoms with Crippen molar-refractivity contribution in [1.82, 2.24) is 0 Å². The van der Waals surface area contributed by atoms with Crippen LogP contribution in [0.4, 0.5) is 11.4 Å². The number of nitrogens with zero attached hydrogens (tertiary/aromatic N) is 2. The van der Waals surface area contributed by atoms with Crippen molar-refractivity contribution in [2.75, 3.05) is 17.7 Å². The van der Waals surface area contributed by atoms with E-state index in [0.717, 1.165) is 11.3 Å². The Hall–Kier alpha value is -2.80. The van der Waals surface area contributed by atoms with Crippen LogP contribution in [0.1, 0.15) is 21.5 Å². The second-order valence-electron chi connectivity index (χ2n) is 4.59. The van der Waals surface area contributed by atoms with Crippen LogP contribution < -0.4 is 10.6 Å². The summed E-state index contributed by atoms with van der Waals surface area (Å²) in [4.78, 5) is 13.9. The predicted molar refractivity (Wildman–Crippen MR) is 79.5 cm³/mol. The van der Waals surface area contributed by atoms with E-state index in [-0.39, 0.29) is 5.91 Å². The van der Waals surface area contributed by atoms with E-state index >= 15 is 0 Å². The second kappa shape index (κ2) is 5.45. The molecule has 2 rings (SSSR count). The van der Waals surface area contributed by atoms with Gasteiger partial charge in [0.15, 0.2) is 0 Å². The number of nitriles is 1. The monoisotopic (exact) mass is 265 g/mol. The number of hydrogen-bond donors (Lipinski definition) is 1. The van der Waals surface area contributed by atoms with Crippen LogP contribution in [0.15, 0.2) is 42.5 Å². The van der Waals surface area contributed by atoms with Crippen molar-refractivity contribution >= 4 is 17.3 Å². The largest absolute Gasteiger partial charge is 0.399 e. The van der Waals surface area contributed by atoms with Crippen molar-refractivity contribution < 1.29 is 4.79 Å². The highest BCUT2D eigenvalue weighted by Gasteiger charge is 2.14. The fraction of sp³-hybridized carbons (Fsp3) is 0.125. The molecular weight excluding hydrogens is 250 g/mol. The summed E-state index contributed by atoms with van der Waals surface area (Å²) in [6.45, 7) is 1.87. The number of carbonyl (C=O) groups excluding carboxylic acids is 1. The van der Waals surface area contributed by atoms with E-state index in [9.17, 15) is 4.79 Å². The number of carbonyl (C=O) groups is 1. The first-order valence-corrected chi connectivity index (χ1v) is 6.17. The Morgan fingerprint density at radius 3 is 2.40 bits per heavy atom. The molecule has 20 heavy (non-hydrogen) atoms. The van der Waals surface area contributed by atoms with E-state index in [2.05, 4.69) is 6.07 Å². The summed E-state index contributed by atoms with van der Waals surface area (Å²) in [5.41, 5.74) is 9.19. The van der Waals surface area contributed by atoms with E-state index in [1.54, 1.807) is 54.4 Å². The third-order valence-corrected chi connectivity index (χ3v) is 3.21. The van der Waals surface area contributed by atoms with E-state index in [1.807, 2.05) is 6.92 Å². The topological polar surface area (TPSA) is 70.1 Å². The Kier molecular flexibility index (Phi) is 3.72. The lowest BCUT2D eigenvalue weighted by Crippen LogP contribution is -2.26. The van der Waals surface area contributed by atoms with Crippen LogP contribution in [0.25, 0.3) is 0 Å². The van der Waals surface area contributed by atoms with Crippen molar-refractivity contribution in [3.05, 3.63) is 59.2 Å². The number of amides is 1. The van der Waals surface area contributed by atoms with E-state index < -0.39 is 0 Å². The van der Waals surface area contributed by atoms with Gasteiger partial charge in [0.1, 0.15) is 0 Å². The Labute approximate surface area is 118 Å². The summed E-state index contributed by atoms with van der Waals surface area (Å²) in [7, 11) is 1.70. The first-order valence-electron chi connectivity index (χ1n) is 6.17. The van der Waals surface area contributed by atoms with Gasteiger partial charge >= 0.3 is 0 Å². The van der Waals surface area contributed by atoms with Crippen LogP contribution in [-0.4, -0.2) is 13.0 Å². The van der Waals surface area contributed by atoms with Crippen LogP contribution in [0.5, 0.6) is 0 Å². The van der Waals surface area contributed by atoms with E-state index in [0.29, 0.717) is 16.8 Å². The molecule has 0 saturated heterocycles. The number of anilines is 2. The zero-order valence-corrected chi connectivity index (χ0v) is 11.4. The third kappa shape index (κ3) is 2.62.